The van der Waals surface area contributed by atoms with Crippen molar-refractivity contribution in [3.05, 3.63) is 45.1 Å². The molecule has 3 heterocycles. The summed E-state index contributed by atoms with van der Waals surface area (Å²) in [7, 11) is 4.75. The number of nitrogens with zero attached hydrogens (tertiary/aromatic N) is 6. The highest BCUT2D eigenvalue weighted by molar-refractivity contribution is 8.01. The van der Waals surface area contributed by atoms with Gasteiger partial charge in [0.15, 0.2) is 15.5 Å². The van der Waals surface area contributed by atoms with Crippen molar-refractivity contribution < 1.29 is 0 Å². The first-order valence-corrected chi connectivity index (χ1v) is 10.6. The van der Waals surface area contributed by atoms with Crippen LogP contribution in [0.15, 0.2) is 43.3 Å². The Labute approximate surface area is 173 Å². The average Bonchev–Trinajstić information content (AvgIpc) is 3.28. The number of fused-ring (bicyclic) bond motifs is 2. The second-order valence-electron chi connectivity index (χ2n) is 6.57. The van der Waals surface area contributed by atoms with Crippen LogP contribution in [0.1, 0.15) is 6.92 Å². The molecule has 0 saturated heterocycles. The monoisotopic (exact) mass is 429 g/mol. The van der Waals surface area contributed by atoms with Crippen LogP contribution in [0.5, 0.6) is 0 Å². The van der Waals surface area contributed by atoms with Gasteiger partial charge < -0.3 is 4.57 Å². The van der Waals surface area contributed by atoms with E-state index in [1.165, 1.54) is 11.6 Å². The fourth-order valence-corrected chi connectivity index (χ4v) is 4.81. The lowest BCUT2D eigenvalue weighted by atomic mass is 10.3. The first-order chi connectivity index (χ1) is 13.9. The fraction of sp³-hybridized carbons (Fsp3) is 0.278. The molecule has 4 rings (SSSR count). The number of anilines is 1. The Morgan fingerprint density at radius 1 is 1.14 bits per heavy atom. The third-order valence-corrected chi connectivity index (χ3v) is 6.84. The summed E-state index contributed by atoms with van der Waals surface area (Å²) < 4.78 is 6.17. The van der Waals surface area contributed by atoms with E-state index >= 15 is 0 Å². The minimum Gasteiger partial charge on any atom is -0.306 e. The van der Waals surface area contributed by atoms with Crippen molar-refractivity contribution in [2.75, 3.05) is 11.2 Å². The molecule has 0 aliphatic heterocycles. The van der Waals surface area contributed by atoms with Crippen LogP contribution in [0.25, 0.3) is 21.4 Å². The number of hydrazone groups is 1. The largest absolute Gasteiger partial charge is 0.332 e. The second kappa shape index (κ2) is 7.48. The number of nitrogens with one attached hydrogen (secondary N) is 1. The highest BCUT2D eigenvalue weighted by Crippen LogP contribution is 2.29. The maximum absolute atomic E-state index is 12.4. The number of para-hydroxylation sites is 1. The summed E-state index contributed by atoms with van der Waals surface area (Å²) >= 11 is 3.27. The normalized spacial score (nSPS) is 12.2. The van der Waals surface area contributed by atoms with Gasteiger partial charge in [-0.25, -0.2) is 15.2 Å². The van der Waals surface area contributed by atoms with Gasteiger partial charge in [-0.1, -0.05) is 23.9 Å². The summed E-state index contributed by atoms with van der Waals surface area (Å²) in [6.45, 7) is 1.91. The first-order valence-electron chi connectivity index (χ1n) is 8.77. The van der Waals surface area contributed by atoms with Gasteiger partial charge >= 0.3 is 5.69 Å². The smallest absolute Gasteiger partial charge is 0.306 e. The van der Waals surface area contributed by atoms with Crippen LogP contribution in [0.2, 0.25) is 0 Å². The van der Waals surface area contributed by atoms with Crippen LogP contribution >= 0.6 is 23.1 Å². The minimum atomic E-state index is -0.418. The highest BCUT2D eigenvalue weighted by Gasteiger charge is 2.16. The van der Waals surface area contributed by atoms with Crippen LogP contribution in [-0.4, -0.2) is 35.1 Å². The molecule has 0 fully saturated rings. The predicted molar refractivity (Wildman–Crippen MR) is 118 cm³/mol. The average molecular weight is 430 g/mol. The number of thioether (sulfide) groups is 1. The van der Waals surface area contributed by atoms with Crippen molar-refractivity contribution in [1.29, 1.82) is 0 Å². The molecule has 0 saturated carbocycles. The van der Waals surface area contributed by atoms with Gasteiger partial charge in [0.2, 0.25) is 5.95 Å². The van der Waals surface area contributed by atoms with Crippen molar-refractivity contribution in [2.45, 2.75) is 11.3 Å². The Bertz CT molecular complexity index is 1340. The first kappa shape index (κ1) is 19.4. The summed E-state index contributed by atoms with van der Waals surface area (Å²) in [5.41, 5.74) is 4.61. The third-order valence-electron chi connectivity index (χ3n) is 4.50. The summed E-state index contributed by atoms with van der Waals surface area (Å²) in [4.78, 5) is 33.5. The van der Waals surface area contributed by atoms with Crippen molar-refractivity contribution in [3.63, 3.8) is 0 Å². The van der Waals surface area contributed by atoms with E-state index in [1.54, 1.807) is 41.8 Å². The number of hydrogen-bond donors (Lipinski definition) is 1. The van der Waals surface area contributed by atoms with E-state index in [0.717, 1.165) is 24.8 Å². The van der Waals surface area contributed by atoms with Crippen LogP contribution in [0, 0.1) is 0 Å². The molecule has 0 aliphatic carbocycles. The van der Waals surface area contributed by atoms with Crippen molar-refractivity contribution in [1.82, 2.24) is 23.7 Å². The van der Waals surface area contributed by atoms with Gasteiger partial charge in [0.25, 0.3) is 5.56 Å². The van der Waals surface area contributed by atoms with E-state index in [9.17, 15) is 9.59 Å². The summed E-state index contributed by atoms with van der Waals surface area (Å²) in [5.74, 6) is 1.06. The number of aromatic nitrogens is 5. The summed E-state index contributed by atoms with van der Waals surface area (Å²) in [5, 5.41) is 4.37. The summed E-state index contributed by atoms with van der Waals surface area (Å²) in [6.07, 6.45) is 0. The summed E-state index contributed by atoms with van der Waals surface area (Å²) in [6, 6.07) is 8.04. The molecule has 0 spiro atoms. The SMILES string of the molecule is C/C(CSc1nc2ccccc2s1)=N/Nc1nc2c(c(=O)n(C)c(=O)n2C)n1C. The zero-order valence-corrected chi connectivity index (χ0v) is 18.0. The molecule has 0 amide bonds. The van der Waals surface area contributed by atoms with Crippen molar-refractivity contribution >= 4 is 56.1 Å². The zero-order chi connectivity index (χ0) is 20.7. The number of rotatable bonds is 5. The van der Waals surface area contributed by atoms with Gasteiger partial charge in [-0.2, -0.15) is 10.1 Å². The van der Waals surface area contributed by atoms with E-state index in [0.29, 0.717) is 22.9 Å². The number of hydrogen-bond acceptors (Lipinski definition) is 8. The predicted octanol–water partition coefficient (Wildman–Crippen LogP) is 2.16. The molecule has 0 radical (unpaired) electrons. The molecule has 29 heavy (non-hydrogen) atoms. The highest BCUT2D eigenvalue weighted by atomic mass is 32.2. The Kier molecular flexibility index (Phi) is 5.01. The fourth-order valence-electron chi connectivity index (χ4n) is 2.88. The van der Waals surface area contributed by atoms with Gasteiger partial charge in [0.1, 0.15) is 0 Å². The van der Waals surface area contributed by atoms with Crippen molar-refractivity contribution in [2.24, 2.45) is 26.2 Å². The van der Waals surface area contributed by atoms with E-state index in [4.69, 9.17) is 0 Å². The molecule has 0 unspecified atom stereocenters. The van der Waals surface area contributed by atoms with Gasteiger partial charge in [-0.05, 0) is 19.1 Å². The quantitative estimate of drug-likeness (QED) is 0.297. The van der Waals surface area contributed by atoms with Crippen molar-refractivity contribution in [3.8, 4) is 0 Å². The number of imidazole rings is 1. The number of aryl methyl sites for hydroxylation is 2. The standard InChI is InChI=1S/C18H19N7O2S2/c1-10(9-28-17-19-11-7-5-6-8-12(11)29-17)21-22-16-20-14-13(23(16)2)15(26)25(4)18(27)24(14)3/h5-8H,9H2,1-4H3,(H,20,22)/b21-10-. The second-order valence-corrected chi connectivity index (χ2v) is 8.82. The minimum absolute atomic E-state index is 0.319. The third kappa shape index (κ3) is 3.47. The molecule has 1 aromatic carbocycles. The van der Waals surface area contributed by atoms with E-state index < -0.39 is 11.2 Å². The Morgan fingerprint density at radius 2 is 1.90 bits per heavy atom. The lowest BCUT2D eigenvalue weighted by Crippen LogP contribution is -2.37. The van der Waals surface area contributed by atoms with E-state index in [2.05, 4.69) is 26.6 Å². The van der Waals surface area contributed by atoms with Gasteiger partial charge in [-0.15, -0.1) is 11.3 Å². The Balaban J connectivity index is 1.53. The molecule has 0 aliphatic rings. The Morgan fingerprint density at radius 3 is 2.66 bits per heavy atom. The number of thiazole rings is 1. The van der Waals surface area contributed by atoms with Crippen LogP contribution < -0.4 is 16.7 Å². The molecule has 9 nitrogen and oxygen atoms in total. The van der Waals surface area contributed by atoms with E-state index in [1.807, 2.05) is 25.1 Å². The maximum Gasteiger partial charge on any atom is 0.332 e. The molecule has 3 aromatic heterocycles. The van der Waals surface area contributed by atoms with Gasteiger partial charge in [0, 0.05) is 32.6 Å². The molecule has 4 aromatic rings. The molecule has 0 atom stereocenters. The lowest BCUT2D eigenvalue weighted by Gasteiger charge is -2.04. The lowest BCUT2D eigenvalue weighted by molar-refractivity contribution is 0.705. The maximum atomic E-state index is 12.4. The van der Waals surface area contributed by atoms with Crippen LogP contribution in [0.4, 0.5) is 5.95 Å². The van der Waals surface area contributed by atoms with Crippen LogP contribution in [-0.2, 0) is 21.1 Å². The zero-order valence-electron chi connectivity index (χ0n) is 16.3. The Hall–Kier alpha value is -2.92. The molecule has 1 N–H and O–H groups in total. The molecular formula is C18H19N7O2S2. The van der Waals surface area contributed by atoms with Crippen LogP contribution in [0.3, 0.4) is 0 Å². The molecule has 11 heteroatoms. The van der Waals surface area contributed by atoms with E-state index in [-0.39, 0.29) is 0 Å². The van der Waals surface area contributed by atoms with Gasteiger partial charge in [-0.3, -0.25) is 13.9 Å². The molecular weight excluding hydrogens is 410 g/mol. The van der Waals surface area contributed by atoms with Gasteiger partial charge in [0.05, 0.1) is 10.2 Å². The molecule has 150 valence electrons. The number of benzene rings is 1. The topological polar surface area (TPSA) is 99.1 Å². The molecule has 0 bridgehead atoms.